The molecular weight excluding hydrogens is 702 g/mol. The summed E-state index contributed by atoms with van der Waals surface area (Å²) >= 11 is 0. The number of aliphatic hydroxyl groups is 1. The Morgan fingerprint density at radius 3 is 2.11 bits per heavy atom. The number of amides is 2. The van der Waals surface area contributed by atoms with Gasteiger partial charge in [-0.3, -0.25) is 9.59 Å². The highest BCUT2D eigenvalue weighted by Gasteiger charge is 2.30. The topological polar surface area (TPSA) is 85.3 Å². The standard InChI is InChI=1S/C21H21F3N2O4.C16H17F3N2.C2H6/c22-21(23,24)15-7-5-14(6-8-15)13-18(28)25-17-4-1-3-16-19(17)30-12-2-9-26(10-11-27)20(16)29;1-20(2)10-11-4-6-12(7-5-11)21(3)16-9-14(18)13(17)8-15(16)19;1-2/h1,3-8,27H,2,9-13H2,(H,25,28);4-9H,10H2,1-3H3;1-2H3. The third-order valence-electron chi connectivity index (χ3n) is 7.81. The molecule has 4 aromatic carbocycles. The van der Waals surface area contributed by atoms with Crippen molar-refractivity contribution in [3.8, 4) is 5.75 Å². The third kappa shape index (κ3) is 12.0. The summed E-state index contributed by atoms with van der Waals surface area (Å²) in [6.45, 7) is 5.61. The van der Waals surface area contributed by atoms with E-state index < -0.39 is 35.1 Å². The Labute approximate surface area is 305 Å². The molecule has 1 aliphatic heterocycles. The first-order chi connectivity index (χ1) is 25.2. The zero-order valence-electron chi connectivity index (χ0n) is 30.2. The Kier molecular flexibility index (Phi) is 15.7. The number of β-amino-alcohol motifs (C(OH)–C–C–N with tert-alkyl or cyclic N) is 1. The molecule has 8 nitrogen and oxygen atoms in total. The fourth-order valence-corrected chi connectivity index (χ4v) is 5.28. The van der Waals surface area contributed by atoms with E-state index >= 15 is 0 Å². The van der Waals surface area contributed by atoms with E-state index in [0.717, 1.165) is 30.3 Å². The highest BCUT2D eigenvalue weighted by molar-refractivity contribution is 6.01. The zero-order chi connectivity index (χ0) is 39.3. The van der Waals surface area contributed by atoms with E-state index in [4.69, 9.17) is 4.74 Å². The van der Waals surface area contributed by atoms with Gasteiger partial charge in [0, 0.05) is 44.5 Å². The fourth-order valence-electron chi connectivity index (χ4n) is 5.28. The molecule has 0 saturated carbocycles. The van der Waals surface area contributed by atoms with E-state index in [9.17, 15) is 41.0 Å². The van der Waals surface area contributed by atoms with Gasteiger partial charge in [-0.2, -0.15) is 13.2 Å². The van der Waals surface area contributed by atoms with Gasteiger partial charge in [-0.1, -0.05) is 44.2 Å². The van der Waals surface area contributed by atoms with Crippen LogP contribution < -0.4 is 15.0 Å². The fraction of sp³-hybridized carbons (Fsp3) is 0.333. The average Bonchev–Trinajstić information content (AvgIpc) is 3.11. The van der Waals surface area contributed by atoms with Gasteiger partial charge < -0.3 is 29.9 Å². The average molecular weight is 747 g/mol. The maximum atomic E-state index is 13.8. The second kappa shape index (κ2) is 19.7. The monoisotopic (exact) mass is 746 g/mol. The van der Waals surface area contributed by atoms with Crippen LogP contribution >= 0.6 is 0 Å². The van der Waals surface area contributed by atoms with E-state index in [1.165, 1.54) is 21.9 Å². The van der Waals surface area contributed by atoms with Crippen LogP contribution in [0.4, 0.5) is 43.4 Å². The maximum absolute atomic E-state index is 13.8. The molecule has 0 saturated heterocycles. The van der Waals surface area contributed by atoms with Gasteiger partial charge in [-0.05, 0) is 68.0 Å². The molecule has 1 aliphatic rings. The molecule has 0 aromatic heterocycles. The number of halogens is 6. The number of anilines is 3. The molecular formula is C39H44F6N4O4. The van der Waals surface area contributed by atoms with Crippen LogP contribution in [0.15, 0.2) is 78.9 Å². The first-order valence-electron chi connectivity index (χ1n) is 16.9. The predicted octanol–water partition coefficient (Wildman–Crippen LogP) is 8.06. The first kappa shape index (κ1) is 42.3. The van der Waals surface area contributed by atoms with Crippen molar-refractivity contribution in [2.75, 3.05) is 57.7 Å². The predicted molar refractivity (Wildman–Crippen MR) is 193 cm³/mol. The van der Waals surface area contributed by atoms with Gasteiger partial charge in [0.05, 0.1) is 42.1 Å². The van der Waals surface area contributed by atoms with Gasteiger partial charge in [-0.25, -0.2) is 13.2 Å². The van der Waals surface area contributed by atoms with Gasteiger partial charge in [-0.15, -0.1) is 0 Å². The Balaban J connectivity index is 0.000000289. The van der Waals surface area contributed by atoms with Gasteiger partial charge >= 0.3 is 6.18 Å². The molecule has 0 spiro atoms. The highest BCUT2D eigenvalue weighted by atomic mass is 19.4. The van der Waals surface area contributed by atoms with Crippen LogP contribution in [-0.2, 0) is 23.9 Å². The van der Waals surface area contributed by atoms with Gasteiger partial charge in [0.2, 0.25) is 5.91 Å². The van der Waals surface area contributed by atoms with E-state index in [1.54, 1.807) is 25.2 Å². The molecule has 0 fully saturated rings. The molecule has 1 heterocycles. The van der Waals surface area contributed by atoms with Crippen molar-refractivity contribution in [3.05, 3.63) is 119 Å². The molecule has 4 aromatic rings. The number of hydrogen-bond acceptors (Lipinski definition) is 6. The SMILES string of the molecule is CC.CN(C)Cc1ccc(N(C)c2cc(F)c(F)cc2F)cc1.O=C(Cc1ccc(C(F)(F)F)cc1)Nc1cccc2c1OCCCN(CCO)C2=O. The second-order valence-corrected chi connectivity index (χ2v) is 12.0. The number of aliphatic hydroxyl groups excluding tert-OH is 1. The van der Waals surface area contributed by atoms with Crippen molar-refractivity contribution in [2.45, 2.75) is 39.4 Å². The summed E-state index contributed by atoms with van der Waals surface area (Å²) in [4.78, 5) is 30.2. The number of carbonyl (C=O) groups is 2. The lowest BCUT2D eigenvalue weighted by molar-refractivity contribution is -0.137. The minimum Gasteiger partial charge on any atom is -0.490 e. The molecule has 14 heteroatoms. The van der Waals surface area contributed by atoms with E-state index in [-0.39, 0.29) is 42.5 Å². The van der Waals surface area contributed by atoms with Crippen LogP contribution in [0.3, 0.4) is 0 Å². The molecule has 0 atom stereocenters. The lowest BCUT2D eigenvalue weighted by atomic mass is 10.1. The third-order valence-corrected chi connectivity index (χ3v) is 7.81. The minimum atomic E-state index is -4.44. The summed E-state index contributed by atoms with van der Waals surface area (Å²) in [7, 11) is 5.55. The van der Waals surface area contributed by atoms with E-state index in [1.807, 2.05) is 57.1 Å². The number of rotatable bonds is 9. The number of para-hydroxylation sites is 1. The smallest absolute Gasteiger partial charge is 0.416 e. The molecule has 2 N–H and O–H groups in total. The molecule has 0 aliphatic carbocycles. The minimum absolute atomic E-state index is 0.00532. The Bertz CT molecular complexity index is 1800. The van der Waals surface area contributed by atoms with E-state index in [0.29, 0.717) is 42.6 Å². The van der Waals surface area contributed by atoms with Crippen LogP contribution in [0, 0.1) is 17.5 Å². The van der Waals surface area contributed by atoms with Gasteiger partial charge in [0.25, 0.3) is 5.91 Å². The molecule has 0 radical (unpaired) electrons. The van der Waals surface area contributed by atoms with Gasteiger partial charge in [0.15, 0.2) is 17.4 Å². The van der Waals surface area contributed by atoms with Crippen molar-refractivity contribution in [2.24, 2.45) is 0 Å². The summed E-state index contributed by atoms with van der Waals surface area (Å²) in [5, 5.41) is 11.8. The number of ether oxygens (including phenoxy) is 1. The van der Waals surface area contributed by atoms with Gasteiger partial charge in [0.1, 0.15) is 5.82 Å². The summed E-state index contributed by atoms with van der Waals surface area (Å²) in [5.74, 6) is -3.57. The molecule has 286 valence electrons. The zero-order valence-corrected chi connectivity index (χ0v) is 30.2. The quantitative estimate of drug-likeness (QED) is 0.133. The highest BCUT2D eigenvalue weighted by Crippen LogP contribution is 2.33. The number of fused-ring (bicyclic) bond motifs is 1. The molecule has 5 rings (SSSR count). The number of alkyl halides is 3. The maximum Gasteiger partial charge on any atom is 0.416 e. The number of hydrogen-bond donors (Lipinski definition) is 2. The second-order valence-electron chi connectivity index (χ2n) is 12.0. The Morgan fingerprint density at radius 2 is 1.51 bits per heavy atom. The number of benzene rings is 4. The van der Waals surface area contributed by atoms with Crippen molar-refractivity contribution < 1.29 is 45.8 Å². The van der Waals surface area contributed by atoms with E-state index in [2.05, 4.69) is 5.32 Å². The van der Waals surface area contributed by atoms with Crippen LogP contribution in [0.1, 0.15) is 47.3 Å². The summed E-state index contributed by atoms with van der Waals surface area (Å²) in [5.41, 5.74) is 2.03. The Morgan fingerprint density at radius 1 is 0.887 bits per heavy atom. The summed E-state index contributed by atoms with van der Waals surface area (Å²) < 4.78 is 83.7. The lowest BCUT2D eigenvalue weighted by Crippen LogP contribution is -2.36. The Hall–Kier alpha value is -5.08. The number of carbonyl (C=O) groups excluding carboxylic acids is 2. The number of nitrogens with zero attached hydrogens (tertiary/aromatic N) is 3. The first-order valence-corrected chi connectivity index (χ1v) is 16.9. The normalized spacial score (nSPS) is 12.6. The molecule has 0 bridgehead atoms. The van der Waals surface area contributed by atoms with Crippen molar-refractivity contribution in [1.29, 1.82) is 0 Å². The largest absolute Gasteiger partial charge is 0.490 e. The van der Waals surface area contributed by atoms with Crippen LogP contribution in [0.25, 0.3) is 0 Å². The molecule has 53 heavy (non-hydrogen) atoms. The van der Waals surface area contributed by atoms with Crippen molar-refractivity contribution in [3.63, 3.8) is 0 Å². The summed E-state index contributed by atoms with van der Waals surface area (Å²) in [6, 6.07) is 18.0. The van der Waals surface area contributed by atoms with Crippen molar-refractivity contribution >= 4 is 28.9 Å². The summed E-state index contributed by atoms with van der Waals surface area (Å²) in [6.07, 6.45) is -4.00. The van der Waals surface area contributed by atoms with Crippen molar-refractivity contribution in [1.82, 2.24) is 9.80 Å². The number of nitrogens with one attached hydrogen (secondary N) is 1. The lowest BCUT2D eigenvalue weighted by Gasteiger charge is -2.26. The van der Waals surface area contributed by atoms with Crippen LogP contribution in [-0.4, -0.2) is 74.2 Å². The van der Waals surface area contributed by atoms with Crippen LogP contribution in [0.5, 0.6) is 5.75 Å². The van der Waals surface area contributed by atoms with Crippen LogP contribution in [0.2, 0.25) is 0 Å². The molecule has 0 unspecified atom stereocenters. The molecule has 2 amide bonds.